The van der Waals surface area contributed by atoms with Gasteiger partial charge < -0.3 is 34.8 Å². The Morgan fingerprint density at radius 3 is 2.55 bits per heavy atom. The standard InChI is InChI=1S/C52H68N8O6/c1-8-58-43-14-13-34-25-39(43)40(46(58)38-11-9-17-53-44(38)31(2)3)26-51(6,7)30-66-49(64)41-12-10-18-60(56-41)48(63)42(23-33-21-35(34)24-37(61)22-33)55-47(62)45(32(4)5)59-20-16-52(50(59)65)15-19-57(29-52)28-36-27-54-36/h9,11,13-14,17,21-22,24-25,31-32,36,41-42,45,54,56,61H,8,10,12,15-16,18-20,23,26-30H2,1-7H3,(H,55,62)/t36-,41+,42+,45+,52+/m1/s1. The maximum absolute atomic E-state index is 14.8. The number of likely N-dealkylation sites (tertiary alicyclic amines) is 2. The van der Waals surface area contributed by atoms with E-state index < -0.39 is 46.7 Å². The number of phenolic OH excluding ortho intramolecular Hbond substituents is 1. The summed E-state index contributed by atoms with van der Waals surface area (Å²) in [5.41, 5.74) is 9.85. The van der Waals surface area contributed by atoms with Gasteiger partial charge in [0.15, 0.2) is 0 Å². The number of aromatic nitrogens is 2. The Bertz CT molecular complexity index is 2530. The van der Waals surface area contributed by atoms with E-state index in [0.29, 0.717) is 56.9 Å². The van der Waals surface area contributed by atoms with Crippen LogP contribution in [-0.2, 0) is 43.3 Å². The summed E-state index contributed by atoms with van der Waals surface area (Å²) in [7, 11) is 0. The second-order valence-electron chi connectivity index (χ2n) is 21.1. The molecule has 3 amide bonds. The van der Waals surface area contributed by atoms with E-state index in [0.717, 1.165) is 77.1 Å². The van der Waals surface area contributed by atoms with E-state index in [-0.39, 0.29) is 36.5 Å². The van der Waals surface area contributed by atoms with Gasteiger partial charge in [-0.2, -0.15) is 0 Å². The van der Waals surface area contributed by atoms with Gasteiger partial charge in [-0.25, -0.2) is 5.43 Å². The Balaban J connectivity index is 1.10. The maximum atomic E-state index is 14.8. The van der Waals surface area contributed by atoms with Crippen LogP contribution in [0.25, 0.3) is 33.3 Å². The lowest BCUT2D eigenvalue weighted by molar-refractivity contribution is -0.155. The smallest absolute Gasteiger partial charge is 0.324 e. The van der Waals surface area contributed by atoms with Gasteiger partial charge in [0.25, 0.3) is 5.91 Å². The zero-order valence-corrected chi connectivity index (χ0v) is 39.8. The number of aryl methyl sites for hydroxylation is 1. The molecular formula is C52H68N8O6. The van der Waals surface area contributed by atoms with E-state index in [2.05, 4.69) is 84.4 Å². The Hall–Kier alpha value is -5.31. The van der Waals surface area contributed by atoms with Crippen molar-refractivity contribution < 1.29 is 29.0 Å². The minimum absolute atomic E-state index is 0.0146. The third-order valence-corrected chi connectivity index (χ3v) is 14.7. The highest BCUT2D eigenvalue weighted by Crippen LogP contribution is 2.44. The number of ether oxygens (including phenoxy) is 1. The molecule has 0 aliphatic carbocycles. The molecule has 2 aromatic heterocycles. The molecular weight excluding hydrogens is 833 g/mol. The third-order valence-electron chi connectivity index (χ3n) is 14.7. The van der Waals surface area contributed by atoms with Gasteiger partial charge >= 0.3 is 5.97 Å². The molecule has 352 valence electrons. The van der Waals surface area contributed by atoms with Crippen molar-refractivity contribution in [2.75, 3.05) is 45.9 Å². The molecule has 1 spiro atoms. The van der Waals surface area contributed by atoms with Crippen molar-refractivity contribution in [3.63, 3.8) is 0 Å². The number of aromatic hydroxyl groups is 1. The summed E-state index contributed by atoms with van der Waals surface area (Å²) in [4.78, 5) is 66.9. The Labute approximate surface area is 388 Å². The molecule has 5 atom stereocenters. The first-order valence-electron chi connectivity index (χ1n) is 24.3. The van der Waals surface area contributed by atoms with Crippen molar-refractivity contribution in [3.05, 3.63) is 71.5 Å². The van der Waals surface area contributed by atoms with Crippen molar-refractivity contribution >= 4 is 34.6 Å². The number of pyridine rings is 1. The van der Waals surface area contributed by atoms with E-state index in [4.69, 9.17) is 9.72 Å². The number of fused-ring (bicyclic) bond motifs is 6. The van der Waals surface area contributed by atoms with Gasteiger partial charge in [-0.3, -0.25) is 29.2 Å². The topological polar surface area (TPSA) is 171 Å². The van der Waals surface area contributed by atoms with Crippen molar-refractivity contribution in [1.82, 2.24) is 40.4 Å². The number of esters is 1. The first kappa shape index (κ1) is 45.8. The number of hydrazine groups is 1. The number of benzene rings is 2. The van der Waals surface area contributed by atoms with Crippen molar-refractivity contribution in [3.8, 4) is 28.1 Å². The number of phenols is 1. The number of cyclic esters (lactones) is 1. The molecule has 4 aromatic rings. The molecule has 0 unspecified atom stereocenters. The van der Waals surface area contributed by atoms with Crippen LogP contribution in [0, 0.1) is 16.7 Å². The van der Waals surface area contributed by atoms with E-state index in [9.17, 15) is 24.3 Å². The minimum Gasteiger partial charge on any atom is -0.508 e. The summed E-state index contributed by atoms with van der Waals surface area (Å²) in [6, 6.07) is 13.7. The molecule has 9 rings (SSSR count). The van der Waals surface area contributed by atoms with Gasteiger partial charge in [-0.05, 0) is 116 Å². The first-order chi connectivity index (χ1) is 31.5. The molecule has 4 fully saturated rings. The maximum Gasteiger partial charge on any atom is 0.324 e. The van der Waals surface area contributed by atoms with Crippen LogP contribution in [-0.4, -0.2) is 123 Å². The molecule has 66 heavy (non-hydrogen) atoms. The fourth-order valence-corrected chi connectivity index (χ4v) is 11.3. The molecule has 4 N–H and O–H groups in total. The van der Waals surface area contributed by atoms with E-state index in [1.54, 1.807) is 17.0 Å². The summed E-state index contributed by atoms with van der Waals surface area (Å²) in [5, 5.41) is 20.4. The van der Waals surface area contributed by atoms with Gasteiger partial charge in [0.1, 0.15) is 23.9 Å². The predicted molar refractivity (Wildman–Crippen MR) is 254 cm³/mol. The van der Waals surface area contributed by atoms with Crippen molar-refractivity contribution in [2.45, 2.75) is 124 Å². The highest BCUT2D eigenvalue weighted by atomic mass is 16.5. The second kappa shape index (κ2) is 18.1. The van der Waals surface area contributed by atoms with Gasteiger partial charge in [-0.15, -0.1) is 0 Å². The molecule has 5 aliphatic heterocycles. The van der Waals surface area contributed by atoms with E-state index >= 15 is 0 Å². The van der Waals surface area contributed by atoms with Gasteiger partial charge in [0, 0.05) is 79.8 Å². The molecule has 6 bridgehead atoms. The largest absolute Gasteiger partial charge is 0.508 e. The van der Waals surface area contributed by atoms with Crippen LogP contribution in [0.2, 0.25) is 0 Å². The lowest BCUT2D eigenvalue weighted by Gasteiger charge is -2.37. The van der Waals surface area contributed by atoms with Crippen LogP contribution in [0.5, 0.6) is 5.75 Å². The SMILES string of the molecule is CCn1c(-c2cccnc2C(C)C)c2c3cc(ccc31)-c1cc(O)cc(c1)C[C@H](NC(=O)[C@H](C(C)C)N1CC[C@]3(CCN(C[C@H]4CN4)C3)C1=O)C(=O)N1CCC[C@H](N1)C(=O)OCC(C)(C)C2. The zero-order valence-electron chi connectivity index (χ0n) is 39.8. The molecule has 5 aliphatic rings. The quantitative estimate of drug-likeness (QED) is 0.119. The Morgan fingerprint density at radius 2 is 1.80 bits per heavy atom. The number of nitrogens with one attached hydrogen (secondary N) is 3. The predicted octanol–water partition coefficient (Wildman–Crippen LogP) is 5.79. The summed E-state index contributed by atoms with van der Waals surface area (Å²) in [5.74, 6) is -1.24. The van der Waals surface area contributed by atoms with Crippen LogP contribution < -0.4 is 16.1 Å². The monoisotopic (exact) mass is 901 g/mol. The normalized spacial score (nSPS) is 25.2. The summed E-state index contributed by atoms with van der Waals surface area (Å²) in [6.45, 7) is 19.7. The van der Waals surface area contributed by atoms with Gasteiger partial charge in [-0.1, -0.05) is 53.7 Å². The fraction of sp³-hybridized carbons (Fsp3) is 0.558. The Morgan fingerprint density at radius 1 is 1.02 bits per heavy atom. The van der Waals surface area contributed by atoms with E-state index in [1.807, 2.05) is 32.2 Å². The van der Waals surface area contributed by atoms with Crippen LogP contribution in [0.1, 0.15) is 96.9 Å². The molecule has 0 radical (unpaired) electrons. The van der Waals surface area contributed by atoms with Crippen molar-refractivity contribution in [2.24, 2.45) is 16.7 Å². The number of carbonyl (C=O) groups is 4. The zero-order chi connectivity index (χ0) is 46.7. The highest BCUT2D eigenvalue weighted by molar-refractivity contribution is 5.96. The number of nitrogens with zero attached hydrogens (tertiary/aromatic N) is 5. The lowest BCUT2D eigenvalue weighted by Crippen LogP contribution is -2.62. The molecule has 0 saturated carbocycles. The number of carbonyl (C=O) groups excluding carboxylic acids is 4. The highest BCUT2D eigenvalue weighted by Gasteiger charge is 2.54. The number of amides is 3. The van der Waals surface area contributed by atoms with Crippen LogP contribution in [0.4, 0.5) is 0 Å². The summed E-state index contributed by atoms with van der Waals surface area (Å²) < 4.78 is 8.50. The minimum atomic E-state index is -1.09. The van der Waals surface area contributed by atoms with Crippen LogP contribution >= 0.6 is 0 Å². The Kier molecular flexibility index (Phi) is 12.5. The number of rotatable bonds is 9. The average molecular weight is 901 g/mol. The van der Waals surface area contributed by atoms with Crippen LogP contribution in [0.15, 0.2) is 54.7 Å². The third kappa shape index (κ3) is 8.95. The van der Waals surface area contributed by atoms with Gasteiger partial charge in [0.2, 0.25) is 11.8 Å². The first-order valence-corrected chi connectivity index (χ1v) is 24.3. The van der Waals surface area contributed by atoms with Crippen molar-refractivity contribution in [1.29, 1.82) is 0 Å². The second-order valence-corrected chi connectivity index (χ2v) is 21.1. The number of hydrogen-bond acceptors (Lipinski definition) is 10. The summed E-state index contributed by atoms with van der Waals surface area (Å²) >= 11 is 0. The summed E-state index contributed by atoms with van der Waals surface area (Å²) in [6.07, 6.45) is 5.00. The van der Waals surface area contributed by atoms with Crippen LogP contribution in [0.3, 0.4) is 0 Å². The molecule has 4 saturated heterocycles. The van der Waals surface area contributed by atoms with Gasteiger partial charge in [0.05, 0.1) is 23.4 Å². The van der Waals surface area contributed by atoms with E-state index in [1.165, 1.54) is 5.01 Å². The fourth-order valence-electron chi connectivity index (χ4n) is 11.3. The number of hydrogen-bond donors (Lipinski definition) is 4. The lowest BCUT2D eigenvalue weighted by atomic mass is 9.83. The molecule has 2 aromatic carbocycles. The molecule has 14 heteroatoms. The molecule has 14 nitrogen and oxygen atoms in total. The molecule has 7 heterocycles. The average Bonchev–Trinajstić information content (AvgIpc) is 3.83.